The van der Waals surface area contributed by atoms with Crippen molar-refractivity contribution in [2.24, 2.45) is 0 Å². The zero-order valence-corrected chi connectivity index (χ0v) is 16.5. The maximum atomic E-state index is 11.7. The Hall–Kier alpha value is -2.51. The Morgan fingerprint density at radius 2 is 1.82 bits per heavy atom. The van der Waals surface area contributed by atoms with E-state index < -0.39 is 9.84 Å². The van der Waals surface area contributed by atoms with E-state index in [0.29, 0.717) is 17.0 Å². The summed E-state index contributed by atoms with van der Waals surface area (Å²) in [6.07, 6.45) is 10.2. The molecule has 2 aromatic heterocycles. The molecule has 0 radical (unpaired) electrons. The maximum Gasteiger partial charge on any atom is 0.175 e. The predicted octanol–water partition coefficient (Wildman–Crippen LogP) is 2.93. The van der Waals surface area contributed by atoms with Gasteiger partial charge in [-0.3, -0.25) is 9.88 Å². The first-order valence-corrected chi connectivity index (χ1v) is 11.4. The van der Waals surface area contributed by atoms with E-state index in [1.807, 2.05) is 35.4 Å². The molecule has 7 heteroatoms. The van der Waals surface area contributed by atoms with Crippen molar-refractivity contribution >= 4 is 9.84 Å². The Balaban J connectivity index is 1.46. The number of aromatic nitrogens is 3. The highest BCUT2D eigenvalue weighted by Crippen LogP contribution is 2.44. The van der Waals surface area contributed by atoms with Crippen molar-refractivity contribution in [3.05, 3.63) is 71.8 Å². The first-order chi connectivity index (χ1) is 13.5. The Bertz CT molecular complexity index is 1110. The lowest BCUT2D eigenvalue weighted by molar-refractivity contribution is 0.167. The molecule has 0 amide bonds. The lowest BCUT2D eigenvalue weighted by Gasteiger charge is -2.35. The van der Waals surface area contributed by atoms with Gasteiger partial charge in [0, 0.05) is 49.3 Å². The number of benzene rings is 1. The fourth-order valence-corrected chi connectivity index (χ4v) is 5.21. The van der Waals surface area contributed by atoms with Crippen molar-refractivity contribution in [2.45, 2.75) is 42.8 Å². The van der Waals surface area contributed by atoms with Crippen LogP contribution in [0.2, 0.25) is 0 Å². The van der Waals surface area contributed by atoms with E-state index >= 15 is 0 Å². The zero-order valence-electron chi connectivity index (χ0n) is 15.7. The number of sulfone groups is 1. The average molecular weight is 395 g/mol. The molecule has 5 rings (SSSR count). The Kier molecular flexibility index (Phi) is 4.10. The standard InChI is InChI=1S/C21H22N4O2S/c1-28(26,27)18-5-2-16(3-6-18)25-21-12-17-4-7-20(19(21)13-23-25)24(17)14-15-8-10-22-11-9-15/h2-3,5-6,8-11,13,17,20H,4,7,12,14H2,1H3/t17-,20+/m1/s1. The summed E-state index contributed by atoms with van der Waals surface area (Å²) < 4.78 is 25.4. The number of nitrogens with zero attached hydrogens (tertiary/aromatic N) is 4. The van der Waals surface area contributed by atoms with Crippen LogP contribution in [0.5, 0.6) is 0 Å². The molecule has 0 saturated carbocycles. The second-order valence-electron chi connectivity index (χ2n) is 7.70. The molecular formula is C21H22N4O2S. The van der Waals surface area contributed by atoms with Crippen LogP contribution in [0.1, 0.15) is 35.7 Å². The molecule has 1 saturated heterocycles. The van der Waals surface area contributed by atoms with E-state index in [0.717, 1.165) is 25.1 Å². The van der Waals surface area contributed by atoms with Crippen LogP contribution >= 0.6 is 0 Å². The van der Waals surface area contributed by atoms with Gasteiger partial charge in [0.25, 0.3) is 0 Å². The van der Waals surface area contributed by atoms with E-state index in [1.165, 1.54) is 29.5 Å². The summed E-state index contributed by atoms with van der Waals surface area (Å²) in [5, 5.41) is 4.65. The first kappa shape index (κ1) is 17.6. The molecular weight excluding hydrogens is 372 g/mol. The molecule has 0 N–H and O–H groups in total. The molecule has 2 aliphatic heterocycles. The summed E-state index contributed by atoms with van der Waals surface area (Å²) in [5.74, 6) is 0. The van der Waals surface area contributed by atoms with Crippen LogP contribution in [0, 0.1) is 0 Å². The van der Waals surface area contributed by atoms with E-state index in [1.54, 1.807) is 12.1 Å². The fourth-order valence-electron chi connectivity index (χ4n) is 4.58. The van der Waals surface area contributed by atoms with Crippen molar-refractivity contribution in [1.82, 2.24) is 19.7 Å². The summed E-state index contributed by atoms with van der Waals surface area (Å²) in [7, 11) is -3.19. The third kappa shape index (κ3) is 2.95. The van der Waals surface area contributed by atoms with Crippen LogP contribution in [0.15, 0.2) is 59.9 Å². The molecule has 3 aromatic rings. The van der Waals surface area contributed by atoms with Crippen molar-refractivity contribution in [3.8, 4) is 5.69 Å². The third-order valence-electron chi connectivity index (χ3n) is 5.96. The van der Waals surface area contributed by atoms with Gasteiger partial charge in [0.1, 0.15) is 0 Å². The number of fused-ring (bicyclic) bond motifs is 4. The highest BCUT2D eigenvalue weighted by atomic mass is 32.2. The quantitative estimate of drug-likeness (QED) is 0.681. The number of rotatable bonds is 4. The van der Waals surface area contributed by atoms with Gasteiger partial charge in [-0.2, -0.15) is 5.10 Å². The second-order valence-corrected chi connectivity index (χ2v) is 9.72. The zero-order chi connectivity index (χ0) is 19.3. The maximum absolute atomic E-state index is 11.7. The van der Waals surface area contributed by atoms with Crippen molar-refractivity contribution in [2.75, 3.05) is 6.26 Å². The molecule has 0 spiro atoms. The Morgan fingerprint density at radius 3 is 2.54 bits per heavy atom. The molecule has 0 unspecified atom stereocenters. The molecule has 6 nitrogen and oxygen atoms in total. The SMILES string of the molecule is CS(=O)(=O)c1ccc(-n2ncc3c2C[C@H]2CC[C@@H]3N2Cc2ccncc2)cc1. The highest BCUT2D eigenvalue weighted by molar-refractivity contribution is 7.90. The van der Waals surface area contributed by atoms with Crippen LogP contribution in [0.4, 0.5) is 0 Å². The van der Waals surface area contributed by atoms with E-state index in [9.17, 15) is 8.42 Å². The fraction of sp³-hybridized carbons (Fsp3) is 0.333. The smallest absolute Gasteiger partial charge is 0.175 e. The van der Waals surface area contributed by atoms with E-state index in [2.05, 4.69) is 27.1 Å². The van der Waals surface area contributed by atoms with Crippen LogP contribution in [0.25, 0.3) is 5.69 Å². The van der Waals surface area contributed by atoms with E-state index in [-0.39, 0.29) is 0 Å². The van der Waals surface area contributed by atoms with Gasteiger partial charge in [-0.1, -0.05) is 0 Å². The van der Waals surface area contributed by atoms with Gasteiger partial charge in [-0.15, -0.1) is 0 Å². The lowest BCUT2D eigenvalue weighted by atomic mass is 9.99. The number of hydrogen-bond donors (Lipinski definition) is 0. The van der Waals surface area contributed by atoms with Gasteiger partial charge >= 0.3 is 0 Å². The molecule has 2 bridgehead atoms. The lowest BCUT2D eigenvalue weighted by Crippen LogP contribution is -2.37. The van der Waals surface area contributed by atoms with Gasteiger partial charge in [-0.25, -0.2) is 13.1 Å². The molecule has 28 heavy (non-hydrogen) atoms. The normalized spacial score (nSPS) is 21.6. The van der Waals surface area contributed by atoms with Crippen molar-refractivity contribution in [1.29, 1.82) is 0 Å². The number of pyridine rings is 1. The van der Waals surface area contributed by atoms with Crippen LogP contribution in [-0.4, -0.2) is 40.4 Å². The first-order valence-electron chi connectivity index (χ1n) is 9.52. The van der Waals surface area contributed by atoms with Gasteiger partial charge in [0.2, 0.25) is 0 Å². The third-order valence-corrected chi connectivity index (χ3v) is 7.08. The molecule has 144 valence electrons. The highest BCUT2D eigenvalue weighted by Gasteiger charge is 2.41. The summed E-state index contributed by atoms with van der Waals surface area (Å²) >= 11 is 0. The predicted molar refractivity (Wildman–Crippen MR) is 106 cm³/mol. The molecule has 4 heterocycles. The van der Waals surface area contributed by atoms with Gasteiger partial charge in [0.05, 0.1) is 22.5 Å². The number of hydrogen-bond acceptors (Lipinski definition) is 5. The minimum atomic E-state index is -3.19. The molecule has 1 aromatic carbocycles. The van der Waals surface area contributed by atoms with E-state index in [4.69, 9.17) is 0 Å². The summed E-state index contributed by atoms with van der Waals surface area (Å²) in [6.45, 7) is 0.936. The summed E-state index contributed by atoms with van der Waals surface area (Å²) in [6, 6.07) is 12.1. The van der Waals surface area contributed by atoms with Crippen molar-refractivity contribution in [3.63, 3.8) is 0 Å². The minimum Gasteiger partial charge on any atom is -0.289 e. The Morgan fingerprint density at radius 1 is 1.07 bits per heavy atom. The molecule has 1 fully saturated rings. The summed E-state index contributed by atoms with van der Waals surface area (Å²) in [5.41, 5.74) is 4.76. The van der Waals surface area contributed by atoms with Gasteiger partial charge < -0.3 is 0 Å². The largest absolute Gasteiger partial charge is 0.289 e. The monoisotopic (exact) mass is 394 g/mol. The van der Waals surface area contributed by atoms with Crippen LogP contribution in [-0.2, 0) is 22.8 Å². The van der Waals surface area contributed by atoms with Gasteiger partial charge in [-0.05, 0) is 54.8 Å². The van der Waals surface area contributed by atoms with Gasteiger partial charge in [0.15, 0.2) is 9.84 Å². The minimum absolute atomic E-state index is 0.334. The second kappa shape index (κ2) is 6.53. The Labute approximate surface area is 164 Å². The molecule has 0 aliphatic carbocycles. The van der Waals surface area contributed by atoms with Crippen LogP contribution < -0.4 is 0 Å². The topological polar surface area (TPSA) is 68.1 Å². The van der Waals surface area contributed by atoms with Crippen LogP contribution in [0.3, 0.4) is 0 Å². The molecule has 2 aliphatic rings. The van der Waals surface area contributed by atoms with Crippen molar-refractivity contribution < 1.29 is 8.42 Å². The average Bonchev–Trinajstić information content (AvgIpc) is 3.22. The summed E-state index contributed by atoms with van der Waals surface area (Å²) in [4.78, 5) is 7.04. The molecule has 2 atom stereocenters.